The Morgan fingerprint density at radius 3 is 2.52 bits per heavy atom. The first-order valence-corrected chi connectivity index (χ1v) is 8.17. The van der Waals surface area contributed by atoms with Crippen LogP contribution in [0.3, 0.4) is 0 Å². The van der Waals surface area contributed by atoms with Crippen molar-refractivity contribution >= 4 is 0 Å². The number of benzene rings is 2. The Morgan fingerprint density at radius 2 is 1.83 bits per heavy atom. The summed E-state index contributed by atoms with van der Waals surface area (Å²) >= 11 is 0. The molecule has 0 fully saturated rings. The lowest BCUT2D eigenvalue weighted by atomic mass is 10.0. The van der Waals surface area contributed by atoms with Crippen molar-refractivity contribution in [2.24, 2.45) is 0 Å². The van der Waals surface area contributed by atoms with E-state index in [0.29, 0.717) is 0 Å². The second-order valence-electron chi connectivity index (χ2n) is 5.91. The zero-order valence-electron chi connectivity index (χ0n) is 13.7. The molecule has 3 nitrogen and oxygen atoms in total. The highest BCUT2D eigenvalue weighted by Crippen LogP contribution is 2.21. The van der Waals surface area contributed by atoms with Crippen LogP contribution in [0.1, 0.15) is 31.0 Å². The van der Waals surface area contributed by atoms with Crippen LogP contribution in [-0.4, -0.2) is 9.78 Å². The maximum absolute atomic E-state index is 13.0. The summed E-state index contributed by atoms with van der Waals surface area (Å²) in [5.41, 5.74) is 4.83. The molecule has 1 aromatic heterocycles. The minimum Gasteiger partial charge on any atom is -0.294 e. The van der Waals surface area contributed by atoms with Crippen molar-refractivity contribution in [2.45, 2.75) is 33.1 Å². The summed E-state index contributed by atoms with van der Waals surface area (Å²) in [4.78, 5) is 13.0. The highest BCUT2D eigenvalue weighted by molar-refractivity contribution is 5.65. The monoisotopic (exact) mass is 306 g/mol. The Morgan fingerprint density at radius 1 is 1.04 bits per heavy atom. The van der Waals surface area contributed by atoms with Gasteiger partial charge in [0.1, 0.15) is 0 Å². The molecule has 0 spiro atoms. The lowest BCUT2D eigenvalue weighted by Crippen LogP contribution is -2.15. The first kappa shape index (κ1) is 15.3. The van der Waals surface area contributed by atoms with E-state index in [0.717, 1.165) is 47.3 Å². The second kappa shape index (κ2) is 6.69. The molecule has 118 valence electrons. The van der Waals surface area contributed by atoms with Gasteiger partial charge in [0.05, 0.1) is 11.3 Å². The molecule has 0 amide bonds. The number of hydrogen-bond acceptors (Lipinski definition) is 1. The Balaban J connectivity index is 2.16. The first-order chi connectivity index (χ1) is 11.2. The summed E-state index contributed by atoms with van der Waals surface area (Å²) in [5, 5.41) is 3.33. The zero-order valence-corrected chi connectivity index (χ0v) is 13.7. The van der Waals surface area contributed by atoms with Gasteiger partial charge in [-0.1, -0.05) is 55.8 Å². The van der Waals surface area contributed by atoms with Crippen molar-refractivity contribution in [1.82, 2.24) is 9.78 Å². The molecule has 0 unspecified atom stereocenters. The Kier molecular flexibility index (Phi) is 4.47. The van der Waals surface area contributed by atoms with Crippen molar-refractivity contribution in [3.63, 3.8) is 0 Å². The average Bonchev–Trinajstić information content (AvgIpc) is 2.90. The molecule has 23 heavy (non-hydrogen) atoms. The second-order valence-corrected chi connectivity index (χ2v) is 5.91. The van der Waals surface area contributed by atoms with E-state index < -0.39 is 0 Å². The van der Waals surface area contributed by atoms with Gasteiger partial charge in [0.2, 0.25) is 0 Å². The molecular weight excluding hydrogens is 284 g/mol. The number of H-pyrrole nitrogens is 1. The molecule has 3 rings (SSSR count). The summed E-state index contributed by atoms with van der Waals surface area (Å²) < 4.78 is 1.67. The zero-order chi connectivity index (χ0) is 16.2. The van der Waals surface area contributed by atoms with Crippen LogP contribution in [0, 0.1) is 6.92 Å². The molecule has 0 saturated carbocycles. The van der Waals surface area contributed by atoms with E-state index in [1.165, 1.54) is 0 Å². The molecule has 0 aliphatic carbocycles. The van der Waals surface area contributed by atoms with E-state index >= 15 is 0 Å². The fraction of sp³-hybridized carbons (Fsp3) is 0.250. The van der Waals surface area contributed by atoms with Crippen LogP contribution < -0.4 is 5.56 Å². The maximum Gasteiger partial charge on any atom is 0.279 e. The standard InChI is InChI=1S/C20H22N2O/c1-3-4-13-18-19(16-10-6-5-7-11-16)20(23)22(21-18)17-12-8-9-15(2)14-17/h5-12,14,21H,3-4,13H2,1-2H3. The normalized spacial score (nSPS) is 10.9. The van der Waals surface area contributed by atoms with Crippen molar-refractivity contribution in [3.8, 4) is 16.8 Å². The number of nitrogens with zero attached hydrogens (tertiary/aromatic N) is 1. The van der Waals surface area contributed by atoms with Crippen molar-refractivity contribution in [2.75, 3.05) is 0 Å². The number of rotatable bonds is 5. The number of hydrogen-bond donors (Lipinski definition) is 1. The van der Waals surface area contributed by atoms with Crippen LogP contribution in [0.25, 0.3) is 16.8 Å². The Bertz CT molecular complexity index is 844. The minimum atomic E-state index is 0.0212. The number of nitrogens with one attached hydrogen (secondary N) is 1. The van der Waals surface area contributed by atoms with E-state index in [2.05, 4.69) is 12.0 Å². The summed E-state index contributed by atoms with van der Waals surface area (Å²) in [6.45, 7) is 4.20. The molecule has 0 aliphatic rings. The van der Waals surface area contributed by atoms with E-state index in [-0.39, 0.29) is 5.56 Å². The predicted octanol–water partition coefficient (Wildman–Crippen LogP) is 4.48. The quantitative estimate of drug-likeness (QED) is 0.741. The summed E-state index contributed by atoms with van der Waals surface area (Å²) in [7, 11) is 0. The number of aromatic nitrogens is 2. The van der Waals surface area contributed by atoms with Gasteiger partial charge in [0.15, 0.2) is 0 Å². The van der Waals surface area contributed by atoms with E-state index in [1.807, 2.05) is 61.5 Å². The van der Waals surface area contributed by atoms with E-state index in [9.17, 15) is 4.79 Å². The lowest BCUT2D eigenvalue weighted by Gasteiger charge is -2.03. The molecule has 2 aromatic carbocycles. The van der Waals surface area contributed by atoms with Gasteiger partial charge in [0, 0.05) is 5.69 Å². The van der Waals surface area contributed by atoms with E-state index in [4.69, 9.17) is 0 Å². The summed E-state index contributed by atoms with van der Waals surface area (Å²) in [6.07, 6.45) is 3.05. The maximum atomic E-state index is 13.0. The highest BCUT2D eigenvalue weighted by atomic mass is 16.1. The fourth-order valence-electron chi connectivity index (χ4n) is 2.87. The molecule has 0 bridgehead atoms. The van der Waals surface area contributed by atoms with Crippen LogP contribution in [0.5, 0.6) is 0 Å². The molecule has 3 heteroatoms. The van der Waals surface area contributed by atoms with Crippen LogP contribution in [-0.2, 0) is 6.42 Å². The molecule has 0 radical (unpaired) electrons. The van der Waals surface area contributed by atoms with Crippen LogP contribution >= 0.6 is 0 Å². The molecule has 0 atom stereocenters. The third-order valence-electron chi connectivity index (χ3n) is 4.07. The van der Waals surface area contributed by atoms with Gasteiger partial charge in [-0.25, -0.2) is 4.68 Å². The smallest absolute Gasteiger partial charge is 0.279 e. The van der Waals surface area contributed by atoms with Gasteiger partial charge >= 0.3 is 0 Å². The van der Waals surface area contributed by atoms with Crippen LogP contribution in [0.15, 0.2) is 59.4 Å². The van der Waals surface area contributed by atoms with Gasteiger partial charge in [-0.05, 0) is 43.0 Å². The molecule has 1 heterocycles. The summed E-state index contributed by atoms with van der Waals surface area (Å²) in [6, 6.07) is 17.9. The molecule has 0 saturated heterocycles. The molecule has 0 aliphatic heterocycles. The molecule has 1 N–H and O–H groups in total. The van der Waals surface area contributed by atoms with Gasteiger partial charge in [0.25, 0.3) is 5.56 Å². The van der Waals surface area contributed by atoms with Crippen molar-refractivity contribution < 1.29 is 0 Å². The number of aromatic amines is 1. The highest BCUT2D eigenvalue weighted by Gasteiger charge is 2.16. The fourth-order valence-corrected chi connectivity index (χ4v) is 2.87. The largest absolute Gasteiger partial charge is 0.294 e. The Labute approximate surface area is 136 Å². The molecule has 3 aromatic rings. The molecular formula is C20H22N2O. The minimum absolute atomic E-state index is 0.0212. The van der Waals surface area contributed by atoms with Gasteiger partial charge in [-0.15, -0.1) is 0 Å². The lowest BCUT2D eigenvalue weighted by molar-refractivity contribution is 0.748. The van der Waals surface area contributed by atoms with Crippen molar-refractivity contribution in [3.05, 3.63) is 76.2 Å². The predicted molar refractivity (Wildman–Crippen MR) is 95.2 cm³/mol. The summed E-state index contributed by atoms with van der Waals surface area (Å²) in [5.74, 6) is 0. The van der Waals surface area contributed by atoms with Gasteiger partial charge in [-0.3, -0.25) is 9.89 Å². The SMILES string of the molecule is CCCCc1[nH]n(-c2cccc(C)c2)c(=O)c1-c1ccccc1. The number of unbranched alkanes of at least 4 members (excludes halogenated alkanes) is 1. The third-order valence-corrected chi connectivity index (χ3v) is 4.07. The van der Waals surface area contributed by atoms with Crippen molar-refractivity contribution in [1.29, 1.82) is 0 Å². The average molecular weight is 306 g/mol. The Hall–Kier alpha value is -2.55. The number of aryl methyl sites for hydroxylation is 2. The third kappa shape index (κ3) is 3.14. The van der Waals surface area contributed by atoms with E-state index in [1.54, 1.807) is 4.68 Å². The van der Waals surface area contributed by atoms with Crippen LogP contribution in [0.2, 0.25) is 0 Å². The topological polar surface area (TPSA) is 37.8 Å². The van der Waals surface area contributed by atoms with Crippen LogP contribution in [0.4, 0.5) is 0 Å². The first-order valence-electron chi connectivity index (χ1n) is 8.17. The van der Waals surface area contributed by atoms with Gasteiger partial charge in [-0.2, -0.15) is 0 Å². The van der Waals surface area contributed by atoms with Gasteiger partial charge < -0.3 is 0 Å².